The summed E-state index contributed by atoms with van der Waals surface area (Å²) in [5.74, 6) is 3.07. The fraction of sp³-hybridized carbons (Fsp3) is 0.923. The molecule has 0 aliphatic heterocycles. The molecule has 3 nitrogen and oxygen atoms in total. The molecule has 1 aliphatic rings. The minimum absolute atomic E-state index is 0.520. The molecule has 0 atom stereocenters. The van der Waals surface area contributed by atoms with E-state index in [1.165, 1.54) is 25.7 Å². The number of nitrogens with two attached hydrogens (primary N) is 1. The highest BCUT2D eigenvalue weighted by Crippen LogP contribution is 2.33. The van der Waals surface area contributed by atoms with Crippen LogP contribution in [-0.4, -0.2) is 26.1 Å². The molecule has 0 radical (unpaired) electrons. The molecule has 0 heterocycles. The maximum absolute atomic E-state index is 6.01. The van der Waals surface area contributed by atoms with Crippen molar-refractivity contribution in [2.75, 3.05) is 20.3 Å². The summed E-state index contributed by atoms with van der Waals surface area (Å²) in [5, 5.41) is 0. The van der Waals surface area contributed by atoms with Crippen LogP contribution < -0.4 is 5.73 Å². The summed E-state index contributed by atoms with van der Waals surface area (Å²) < 4.78 is 4.97. The Labute approximate surface area is 99.5 Å². The Bertz CT molecular complexity index is 218. The van der Waals surface area contributed by atoms with Crippen LogP contribution >= 0.6 is 0 Å². The third-order valence-corrected chi connectivity index (χ3v) is 3.72. The summed E-state index contributed by atoms with van der Waals surface area (Å²) in [4.78, 5) is 4.38. The van der Waals surface area contributed by atoms with E-state index < -0.39 is 0 Å². The topological polar surface area (TPSA) is 47.6 Å². The average molecular weight is 226 g/mol. The SMILES string of the molecule is COCCN=C(N)C1CCC(C(C)C)CC1. The van der Waals surface area contributed by atoms with Crippen LogP contribution in [0.1, 0.15) is 39.5 Å². The zero-order chi connectivity index (χ0) is 12.0. The molecule has 1 saturated carbocycles. The molecular formula is C13H26N2O. The van der Waals surface area contributed by atoms with Crippen LogP contribution in [-0.2, 0) is 4.74 Å². The Morgan fingerprint density at radius 1 is 1.31 bits per heavy atom. The molecule has 2 N–H and O–H groups in total. The summed E-state index contributed by atoms with van der Waals surface area (Å²) in [5.41, 5.74) is 6.01. The largest absolute Gasteiger partial charge is 0.387 e. The van der Waals surface area contributed by atoms with E-state index in [2.05, 4.69) is 18.8 Å². The molecule has 0 unspecified atom stereocenters. The molecule has 3 heteroatoms. The molecule has 0 aromatic heterocycles. The maximum atomic E-state index is 6.01. The van der Waals surface area contributed by atoms with Gasteiger partial charge in [-0.15, -0.1) is 0 Å². The lowest BCUT2D eigenvalue weighted by Crippen LogP contribution is -2.29. The van der Waals surface area contributed by atoms with Crippen molar-refractivity contribution in [3.63, 3.8) is 0 Å². The highest BCUT2D eigenvalue weighted by atomic mass is 16.5. The molecule has 0 aromatic carbocycles. The van der Waals surface area contributed by atoms with Gasteiger partial charge >= 0.3 is 0 Å². The van der Waals surface area contributed by atoms with E-state index in [-0.39, 0.29) is 0 Å². The fourth-order valence-electron chi connectivity index (χ4n) is 2.48. The van der Waals surface area contributed by atoms with Crippen LogP contribution in [0.5, 0.6) is 0 Å². The van der Waals surface area contributed by atoms with E-state index in [9.17, 15) is 0 Å². The van der Waals surface area contributed by atoms with Crippen LogP contribution in [0.15, 0.2) is 4.99 Å². The number of nitrogens with zero attached hydrogens (tertiary/aromatic N) is 1. The Morgan fingerprint density at radius 2 is 1.94 bits per heavy atom. The van der Waals surface area contributed by atoms with Gasteiger partial charge in [-0.2, -0.15) is 0 Å². The van der Waals surface area contributed by atoms with Crippen molar-refractivity contribution in [2.24, 2.45) is 28.5 Å². The molecule has 0 spiro atoms. The Hall–Kier alpha value is -0.570. The van der Waals surface area contributed by atoms with Gasteiger partial charge in [0.2, 0.25) is 0 Å². The van der Waals surface area contributed by atoms with E-state index in [4.69, 9.17) is 10.5 Å². The van der Waals surface area contributed by atoms with Gasteiger partial charge in [0.1, 0.15) is 0 Å². The lowest BCUT2D eigenvalue weighted by Gasteiger charge is -2.30. The van der Waals surface area contributed by atoms with Gasteiger partial charge in [-0.25, -0.2) is 0 Å². The predicted molar refractivity (Wildman–Crippen MR) is 68.7 cm³/mol. The smallest absolute Gasteiger partial charge is 0.0969 e. The standard InChI is InChI=1S/C13H26N2O/c1-10(2)11-4-6-12(7-5-11)13(14)15-8-9-16-3/h10-12H,4-9H2,1-3H3,(H2,14,15). The molecule has 0 aromatic rings. The van der Waals surface area contributed by atoms with Crippen molar-refractivity contribution in [1.29, 1.82) is 0 Å². The minimum Gasteiger partial charge on any atom is -0.387 e. The molecule has 94 valence electrons. The number of amidine groups is 1. The predicted octanol–water partition coefficient (Wildman–Crippen LogP) is 2.45. The summed E-state index contributed by atoms with van der Waals surface area (Å²) >= 11 is 0. The number of hydrogen-bond donors (Lipinski definition) is 1. The molecular weight excluding hydrogens is 200 g/mol. The zero-order valence-electron chi connectivity index (χ0n) is 10.9. The van der Waals surface area contributed by atoms with Gasteiger partial charge in [-0.3, -0.25) is 4.99 Å². The van der Waals surface area contributed by atoms with Gasteiger partial charge in [-0.1, -0.05) is 13.8 Å². The number of hydrogen-bond acceptors (Lipinski definition) is 2. The number of aliphatic imine (C=N–C) groups is 1. The van der Waals surface area contributed by atoms with Crippen molar-refractivity contribution in [2.45, 2.75) is 39.5 Å². The molecule has 16 heavy (non-hydrogen) atoms. The van der Waals surface area contributed by atoms with Gasteiger partial charge in [-0.05, 0) is 37.5 Å². The molecule has 0 amide bonds. The lowest BCUT2D eigenvalue weighted by atomic mass is 9.76. The van der Waals surface area contributed by atoms with Gasteiger partial charge in [0.15, 0.2) is 0 Å². The fourth-order valence-corrected chi connectivity index (χ4v) is 2.48. The summed E-state index contributed by atoms with van der Waals surface area (Å²) in [6.45, 7) is 6.01. The van der Waals surface area contributed by atoms with Crippen molar-refractivity contribution >= 4 is 5.84 Å². The monoisotopic (exact) mass is 226 g/mol. The second-order valence-corrected chi connectivity index (χ2v) is 5.16. The van der Waals surface area contributed by atoms with E-state index >= 15 is 0 Å². The van der Waals surface area contributed by atoms with Crippen molar-refractivity contribution in [1.82, 2.24) is 0 Å². The molecule has 0 bridgehead atoms. The first-order valence-electron chi connectivity index (χ1n) is 6.44. The van der Waals surface area contributed by atoms with Crippen LogP contribution in [0.25, 0.3) is 0 Å². The highest BCUT2D eigenvalue weighted by molar-refractivity contribution is 5.82. The second kappa shape index (κ2) is 6.89. The number of methoxy groups -OCH3 is 1. The van der Waals surface area contributed by atoms with Gasteiger partial charge in [0.05, 0.1) is 19.0 Å². The number of ether oxygens (including phenoxy) is 1. The lowest BCUT2D eigenvalue weighted by molar-refractivity contribution is 0.207. The Balaban J connectivity index is 2.32. The second-order valence-electron chi connectivity index (χ2n) is 5.16. The Kier molecular flexibility index (Phi) is 5.81. The number of rotatable bonds is 5. The first-order chi connectivity index (χ1) is 7.65. The van der Waals surface area contributed by atoms with Crippen LogP contribution in [0.4, 0.5) is 0 Å². The minimum atomic E-state index is 0.520. The summed E-state index contributed by atoms with van der Waals surface area (Å²) in [6, 6.07) is 0. The van der Waals surface area contributed by atoms with Gasteiger partial charge in [0, 0.05) is 13.0 Å². The highest BCUT2D eigenvalue weighted by Gasteiger charge is 2.24. The molecule has 1 rings (SSSR count). The molecule has 0 saturated heterocycles. The average Bonchev–Trinajstić information content (AvgIpc) is 2.29. The third-order valence-electron chi connectivity index (χ3n) is 3.72. The van der Waals surface area contributed by atoms with E-state index in [1.807, 2.05) is 0 Å². The third kappa shape index (κ3) is 4.12. The molecule has 1 fully saturated rings. The van der Waals surface area contributed by atoms with Crippen LogP contribution in [0.2, 0.25) is 0 Å². The van der Waals surface area contributed by atoms with Crippen molar-refractivity contribution in [3.8, 4) is 0 Å². The zero-order valence-corrected chi connectivity index (χ0v) is 10.9. The summed E-state index contributed by atoms with van der Waals surface area (Å²) in [6.07, 6.45) is 5.04. The van der Waals surface area contributed by atoms with Crippen molar-refractivity contribution < 1.29 is 4.74 Å². The van der Waals surface area contributed by atoms with Gasteiger partial charge in [0.25, 0.3) is 0 Å². The van der Waals surface area contributed by atoms with E-state index in [0.29, 0.717) is 19.1 Å². The first kappa shape index (κ1) is 13.5. The van der Waals surface area contributed by atoms with Crippen LogP contribution in [0, 0.1) is 17.8 Å². The summed E-state index contributed by atoms with van der Waals surface area (Å²) in [7, 11) is 1.69. The first-order valence-corrected chi connectivity index (χ1v) is 6.44. The quantitative estimate of drug-likeness (QED) is 0.445. The van der Waals surface area contributed by atoms with E-state index in [0.717, 1.165) is 17.7 Å². The maximum Gasteiger partial charge on any atom is 0.0969 e. The van der Waals surface area contributed by atoms with Gasteiger partial charge < -0.3 is 10.5 Å². The normalized spacial score (nSPS) is 27.4. The van der Waals surface area contributed by atoms with Crippen molar-refractivity contribution in [3.05, 3.63) is 0 Å². The Morgan fingerprint density at radius 3 is 2.44 bits per heavy atom. The molecule has 1 aliphatic carbocycles. The van der Waals surface area contributed by atoms with E-state index in [1.54, 1.807) is 7.11 Å². The van der Waals surface area contributed by atoms with Crippen LogP contribution in [0.3, 0.4) is 0 Å².